The van der Waals surface area contributed by atoms with Crippen molar-refractivity contribution in [1.82, 2.24) is 0 Å². The summed E-state index contributed by atoms with van der Waals surface area (Å²) in [6.45, 7) is 8.51. The van der Waals surface area contributed by atoms with Crippen LogP contribution in [0.15, 0.2) is 0 Å². The molecule has 0 radical (unpaired) electrons. The molecule has 3 atom stereocenters. The molecule has 0 aromatic rings. The predicted octanol–water partition coefficient (Wildman–Crippen LogP) is 3.89. The maximum absolute atomic E-state index is 11.9. The zero-order valence-corrected chi connectivity index (χ0v) is 15.0. The fraction of sp³-hybridized carbons (Fsp3) is 0.944. The van der Waals surface area contributed by atoms with Gasteiger partial charge in [0.1, 0.15) is 5.78 Å². The van der Waals surface area contributed by atoms with Gasteiger partial charge in [0.15, 0.2) is 0 Å². The lowest BCUT2D eigenvalue weighted by atomic mass is 10.1. The van der Waals surface area contributed by atoms with Crippen molar-refractivity contribution >= 4 is 5.78 Å². The van der Waals surface area contributed by atoms with E-state index in [1.165, 1.54) is 25.7 Å². The molecule has 0 aliphatic heterocycles. The van der Waals surface area contributed by atoms with Crippen LogP contribution < -0.4 is 0 Å². The van der Waals surface area contributed by atoms with Gasteiger partial charge in [-0.05, 0) is 27.2 Å². The Morgan fingerprint density at radius 2 is 1.50 bits per heavy atom. The van der Waals surface area contributed by atoms with Gasteiger partial charge in [0.05, 0.1) is 31.5 Å². The standard InChI is InChI=1S/C18H36O4/c1-5-6-7-8-9-10-11-18(20)12-16(3)22-14-17(4)21-13-15(2)19/h15-17,19H,5-14H2,1-4H3. The molecule has 1 N–H and O–H groups in total. The van der Waals surface area contributed by atoms with Crippen molar-refractivity contribution in [2.75, 3.05) is 13.2 Å². The molecule has 0 rings (SSSR count). The molecule has 4 heteroatoms. The fourth-order valence-electron chi connectivity index (χ4n) is 2.24. The van der Waals surface area contributed by atoms with Crippen LogP contribution in [0.3, 0.4) is 0 Å². The zero-order valence-electron chi connectivity index (χ0n) is 15.0. The van der Waals surface area contributed by atoms with Crippen LogP contribution in [0.2, 0.25) is 0 Å². The van der Waals surface area contributed by atoms with Gasteiger partial charge in [0, 0.05) is 12.8 Å². The van der Waals surface area contributed by atoms with E-state index in [0.29, 0.717) is 31.8 Å². The molecule has 0 aliphatic carbocycles. The van der Waals surface area contributed by atoms with Crippen LogP contribution in [0.1, 0.15) is 79.1 Å². The summed E-state index contributed by atoms with van der Waals surface area (Å²) >= 11 is 0. The molecule has 0 fully saturated rings. The molecule has 4 nitrogen and oxygen atoms in total. The summed E-state index contributed by atoms with van der Waals surface area (Å²) in [5.41, 5.74) is 0. The summed E-state index contributed by atoms with van der Waals surface area (Å²) in [5.74, 6) is 0.292. The minimum Gasteiger partial charge on any atom is -0.391 e. The Bertz CT molecular complexity index is 266. The van der Waals surface area contributed by atoms with Crippen molar-refractivity contribution in [1.29, 1.82) is 0 Å². The van der Waals surface area contributed by atoms with E-state index in [1.54, 1.807) is 6.92 Å². The number of Topliss-reactive ketones (excluding diaryl/α,β-unsaturated/α-hetero) is 1. The predicted molar refractivity (Wildman–Crippen MR) is 90.1 cm³/mol. The minimum atomic E-state index is -0.459. The SMILES string of the molecule is CCCCCCCCC(=O)CC(C)OCC(C)OCC(C)O. The Balaban J connectivity index is 3.56. The van der Waals surface area contributed by atoms with Gasteiger partial charge in [-0.15, -0.1) is 0 Å². The number of aliphatic hydroxyl groups excluding tert-OH is 1. The molecule has 0 amide bonds. The average Bonchev–Trinajstić information content (AvgIpc) is 2.46. The van der Waals surface area contributed by atoms with E-state index in [1.807, 2.05) is 13.8 Å². The van der Waals surface area contributed by atoms with Crippen LogP contribution in [0.5, 0.6) is 0 Å². The Morgan fingerprint density at radius 3 is 2.14 bits per heavy atom. The highest BCUT2D eigenvalue weighted by Gasteiger charge is 2.12. The van der Waals surface area contributed by atoms with E-state index in [9.17, 15) is 4.79 Å². The molecule has 22 heavy (non-hydrogen) atoms. The van der Waals surface area contributed by atoms with Crippen molar-refractivity contribution in [2.45, 2.75) is 97.4 Å². The Hall–Kier alpha value is -0.450. The van der Waals surface area contributed by atoms with Gasteiger partial charge in [-0.1, -0.05) is 39.0 Å². The van der Waals surface area contributed by atoms with Crippen LogP contribution in [-0.4, -0.2) is 42.4 Å². The zero-order chi connectivity index (χ0) is 16.8. The number of aliphatic hydroxyl groups is 1. The van der Waals surface area contributed by atoms with Gasteiger partial charge in [-0.2, -0.15) is 0 Å². The van der Waals surface area contributed by atoms with E-state index in [-0.39, 0.29) is 12.2 Å². The third kappa shape index (κ3) is 14.5. The maximum atomic E-state index is 11.9. The second-order valence-corrected chi connectivity index (χ2v) is 6.40. The Kier molecular flexibility index (Phi) is 13.9. The van der Waals surface area contributed by atoms with Gasteiger partial charge in [0.2, 0.25) is 0 Å². The first kappa shape index (κ1) is 21.6. The van der Waals surface area contributed by atoms with E-state index >= 15 is 0 Å². The Labute approximate surface area is 136 Å². The second kappa shape index (κ2) is 14.2. The second-order valence-electron chi connectivity index (χ2n) is 6.40. The molecule has 0 bridgehead atoms. The van der Waals surface area contributed by atoms with Crippen molar-refractivity contribution < 1.29 is 19.4 Å². The molecule has 0 aromatic heterocycles. The van der Waals surface area contributed by atoms with Crippen LogP contribution in [0.4, 0.5) is 0 Å². The monoisotopic (exact) mass is 316 g/mol. The number of ether oxygens (including phenoxy) is 2. The van der Waals surface area contributed by atoms with Crippen molar-refractivity contribution in [3.05, 3.63) is 0 Å². The summed E-state index contributed by atoms with van der Waals surface area (Å²) in [7, 11) is 0. The number of ketones is 1. The molecule has 0 aliphatic rings. The van der Waals surface area contributed by atoms with Gasteiger partial charge in [-0.25, -0.2) is 0 Å². The number of rotatable bonds is 15. The third-order valence-corrected chi connectivity index (χ3v) is 3.56. The first-order chi connectivity index (χ1) is 10.5. The van der Waals surface area contributed by atoms with E-state index in [2.05, 4.69) is 6.92 Å². The summed E-state index contributed by atoms with van der Waals surface area (Å²) in [5, 5.41) is 9.14. The molecule has 3 unspecified atom stereocenters. The van der Waals surface area contributed by atoms with Crippen molar-refractivity contribution in [3.63, 3.8) is 0 Å². The molecular formula is C18H36O4. The van der Waals surface area contributed by atoms with Gasteiger partial charge in [0.25, 0.3) is 0 Å². The first-order valence-corrected chi connectivity index (χ1v) is 8.88. The first-order valence-electron chi connectivity index (χ1n) is 8.88. The summed E-state index contributed by atoms with van der Waals surface area (Å²) in [4.78, 5) is 11.9. The van der Waals surface area contributed by atoms with Crippen LogP contribution in [0.25, 0.3) is 0 Å². The third-order valence-electron chi connectivity index (χ3n) is 3.56. The van der Waals surface area contributed by atoms with Gasteiger partial charge < -0.3 is 14.6 Å². The molecular weight excluding hydrogens is 280 g/mol. The van der Waals surface area contributed by atoms with E-state index < -0.39 is 6.10 Å². The lowest BCUT2D eigenvalue weighted by molar-refractivity contribution is -0.122. The van der Waals surface area contributed by atoms with Crippen LogP contribution in [-0.2, 0) is 14.3 Å². The number of unbranched alkanes of at least 4 members (excludes halogenated alkanes) is 5. The van der Waals surface area contributed by atoms with Crippen molar-refractivity contribution in [2.24, 2.45) is 0 Å². The van der Waals surface area contributed by atoms with E-state index in [4.69, 9.17) is 14.6 Å². The molecule has 0 spiro atoms. The highest BCUT2D eigenvalue weighted by Crippen LogP contribution is 2.10. The number of hydrogen-bond acceptors (Lipinski definition) is 4. The normalized spacial score (nSPS) is 15.5. The lowest BCUT2D eigenvalue weighted by Crippen LogP contribution is -2.24. The summed E-state index contributed by atoms with van der Waals surface area (Å²) in [6.07, 6.45) is 7.82. The lowest BCUT2D eigenvalue weighted by Gasteiger charge is -2.18. The quantitative estimate of drug-likeness (QED) is 0.466. The fourth-order valence-corrected chi connectivity index (χ4v) is 2.24. The Morgan fingerprint density at radius 1 is 0.909 bits per heavy atom. The number of carbonyl (C=O) groups is 1. The highest BCUT2D eigenvalue weighted by molar-refractivity contribution is 5.78. The highest BCUT2D eigenvalue weighted by atomic mass is 16.5. The smallest absolute Gasteiger partial charge is 0.135 e. The summed E-state index contributed by atoms with van der Waals surface area (Å²) < 4.78 is 11.0. The molecule has 0 aromatic carbocycles. The molecule has 0 saturated carbocycles. The topological polar surface area (TPSA) is 55.8 Å². The average molecular weight is 316 g/mol. The van der Waals surface area contributed by atoms with E-state index in [0.717, 1.165) is 12.8 Å². The largest absolute Gasteiger partial charge is 0.391 e. The van der Waals surface area contributed by atoms with Crippen LogP contribution >= 0.6 is 0 Å². The molecule has 132 valence electrons. The number of carbonyl (C=O) groups excluding carboxylic acids is 1. The minimum absolute atomic E-state index is 0.0642. The van der Waals surface area contributed by atoms with Gasteiger partial charge in [-0.3, -0.25) is 4.79 Å². The van der Waals surface area contributed by atoms with Gasteiger partial charge >= 0.3 is 0 Å². The van der Waals surface area contributed by atoms with Crippen molar-refractivity contribution in [3.8, 4) is 0 Å². The maximum Gasteiger partial charge on any atom is 0.135 e. The van der Waals surface area contributed by atoms with Crippen LogP contribution in [0, 0.1) is 0 Å². The number of hydrogen-bond donors (Lipinski definition) is 1. The molecule has 0 saturated heterocycles. The summed E-state index contributed by atoms with van der Waals surface area (Å²) in [6, 6.07) is 0. The molecule has 0 heterocycles.